The third-order valence-electron chi connectivity index (χ3n) is 26.3. The average molecular weight is 1990 g/mol. The van der Waals surface area contributed by atoms with E-state index in [0.29, 0.717) is 142 Å². The monoisotopic (exact) mass is 1990 g/mol. The van der Waals surface area contributed by atoms with Gasteiger partial charge in [-0.2, -0.15) is 0 Å². The fourth-order valence-corrected chi connectivity index (χ4v) is 22.1. The van der Waals surface area contributed by atoms with Crippen molar-refractivity contribution < 1.29 is 67.7 Å². The van der Waals surface area contributed by atoms with Gasteiger partial charge in [0.15, 0.2) is 46.1 Å². The standard InChI is InChI=1S/C105H106N16O8S3Si2.2Co/c1-23-46-130(122,123)66-35-43-74-82(54-66)98-115-91(74)109-92-76-45-37-68(132(126,127)48-25-3)56-84(76)100(117-92)121-99-83-55-67(131(124,125)47-24-2)36-44-75(83)90(116-99)107-86-70-39-29-60(50-78(70)94(111-86)119-98)27-31-62(58-129-134(21,22)105(16,17)18)61(57-128-133(19,20)104(13,14)15)30-26-59-28-38-69-77(49-59)93-110-85(69)106-87-72-41-33-64(102(7,8)9)52-80(72)96(113-87)120-97-81-53-65(103(10,11)12)34-42-73(81)89(114-97)108-88-71-40-32-63(101(4,5)6)51-79(71)95(112-88)118-93;;/h28-29,32-45,49-56H,23-25,46-48,57-58H2,1-22H3;;/q-4;2*+2/b62-61+;;. The topological polar surface area (TPSA) is 332 Å². The predicted molar refractivity (Wildman–Crippen MR) is 538 cm³/mol. The van der Waals surface area contributed by atoms with Crippen molar-refractivity contribution in [2.24, 2.45) is 0 Å². The van der Waals surface area contributed by atoms with Crippen molar-refractivity contribution in [1.29, 1.82) is 0 Å². The molecule has 2 radical (unpaired) electrons. The molecule has 31 heteroatoms. The van der Waals surface area contributed by atoms with Crippen LogP contribution in [0.5, 0.6) is 0 Å². The largest absolute Gasteiger partial charge is 2.00 e. The molecule has 8 aromatic carbocycles. The first-order valence-electron chi connectivity index (χ1n) is 45.4. The molecule has 0 fully saturated rings. The number of rotatable bonds is 15. The second-order valence-corrected chi connectivity index (χ2v) is 57.1. The number of sulfone groups is 3. The molecule has 0 N–H and O–H groups in total. The second-order valence-electron chi connectivity index (χ2n) is 41.2. The van der Waals surface area contributed by atoms with Crippen LogP contribution in [0.3, 0.4) is 0 Å². The zero-order valence-corrected chi connectivity index (χ0v) is 86.9. The summed E-state index contributed by atoms with van der Waals surface area (Å²) in [5.74, 6) is 16.2. The first kappa shape index (κ1) is 97.6. The predicted octanol–water partition coefficient (Wildman–Crippen LogP) is 21.8. The molecule has 4 aliphatic rings. The molecule has 0 saturated carbocycles. The molecule has 14 aromatic rings. The molecular weight excluding hydrogens is 1880 g/mol. The molecule has 10 heterocycles. The number of hydrogen-bond acceptors (Lipinski definition) is 20. The van der Waals surface area contributed by atoms with Gasteiger partial charge in [-0.05, 0) is 210 Å². The number of fused-ring (bicyclic) bond motifs is 40. The van der Waals surface area contributed by atoms with Crippen LogP contribution in [-0.4, -0.2) is 132 Å². The van der Waals surface area contributed by atoms with Gasteiger partial charge in [0.1, 0.15) is 0 Å². The van der Waals surface area contributed by atoms with E-state index in [9.17, 15) is 25.3 Å². The van der Waals surface area contributed by atoms with Gasteiger partial charge in [-0.1, -0.05) is 215 Å². The van der Waals surface area contributed by atoms with Crippen LogP contribution in [0.2, 0.25) is 36.3 Å². The van der Waals surface area contributed by atoms with E-state index < -0.39 is 46.1 Å². The van der Waals surface area contributed by atoms with Gasteiger partial charge in [0, 0.05) is 112 Å². The molecule has 0 atom stereocenters. The van der Waals surface area contributed by atoms with Crippen LogP contribution in [0.25, 0.3) is 179 Å². The summed E-state index contributed by atoms with van der Waals surface area (Å²) in [5, 5.41) is 4.29. The van der Waals surface area contributed by atoms with Gasteiger partial charge in [0.2, 0.25) is 0 Å². The molecule has 698 valence electrons. The Morgan fingerprint density at radius 2 is 0.537 bits per heavy atom. The molecule has 0 unspecified atom stereocenters. The van der Waals surface area contributed by atoms with E-state index in [4.69, 9.17) is 88.6 Å². The number of nitrogens with zero attached hydrogens (tertiary/aromatic N) is 16. The molecular formula is C105H106Co2N16O8S3Si2. The van der Waals surface area contributed by atoms with Crippen LogP contribution in [0.4, 0.5) is 0 Å². The van der Waals surface area contributed by atoms with Crippen LogP contribution < -0.4 is 19.9 Å². The van der Waals surface area contributed by atoms with E-state index in [1.165, 1.54) is 30.3 Å². The van der Waals surface area contributed by atoms with Crippen molar-refractivity contribution in [3.05, 3.63) is 185 Å². The minimum absolute atomic E-state index is 0. The summed E-state index contributed by atoms with van der Waals surface area (Å²) in [6.45, 7) is 47.3. The summed E-state index contributed by atoms with van der Waals surface area (Å²) in [7, 11) is -16.5. The Hall–Kier alpha value is -11.4. The number of hydrogen-bond donors (Lipinski definition) is 0. The van der Waals surface area contributed by atoms with Gasteiger partial charge < -0.3 is 68.7 Å². The second kappa shape index (κ2) is 35.5. The van der Waals surface area contributed by atoms with Gasteiger partial charge in [0.25, 0.3) is 0 Å². The zero-order chi connectivity index (χ0) is 95.4. The Labute approximate surface area is 816 Å². The Kier molecular flexibility index (Phi) is 25.5. The third-order valence-corrected chi connectivity index (χ3v) is 41.0. The Bertz CT molecular complexity index is 8300. The van der Waals surface area contributed by atoms with E-state index >= 15 is 0 Å². The van der Waals surface area contributed by atoms with Crippen molar-refractivity contribution in [1.82, 2.24) is 79.7 Å². The Morgan fingerprint density at radius 1 is 0.294 bits per heavy atom. The first-order chi connectivity index (χ1) is 63.0. The summed E-state index contributed by atoms with van der Waals surface area (Å²) in [6.07, 6.45) is 1.09. The zero-order valence-electron chi connectivity index (χ0n) is 80.3. The van der Waals surface area contributed by atoms with Gasteiger partial charge in [-0.25, -0.2) is 45.2 Å². The fourth-order valence-electron chi connectivity index (χ4n) is 16.2. The molecule has 18 rings (SSSR count). The van der Waals surface area contributed by atoms with E-state index in [1.54, 1.807) is 45.0 Å². The van der Waals surface area contributed by atoms with Crippen molar-refractivity contribution in [2.75, 3.05) is 30.5 Å². The van der Waals surface area contributed by atoms with Crippen LogP contribution in [0.1, 0.15) is 172 Å². The summed E-state index contributed by atoms with van der Waals surface area (Å²) in [6, 6.07) is 44.7. The third kappa shape index (κ3) is 18.5. The summed E-state index contributed by atoms with van der Waals surface area (Å²) in [5.41, 5.74) is 11.9. The van der Waals surface area contributed by atoms with Gasteiger partial charge in [0.05, 0.1) is 91.8 Å². The molecule has 0 amide bonds. The van der Waals surface area contributed by atoms with Crippen LogP contribution in [-0.2, 0) is 88.2 Å². The summed E-state index contributed by atoms with van der Waals surface area (Å²) >= 11 is 0. The maximum atomic E-state index is 14.1. The molecule has 136 heavy (non-hydrogen) atoms. The van der Waals surface area contributed by atoms with Crippen LogP contribution in [0.15, 0.2) is 171 Å². The minimum Gasteiger partial charge on any atom is -0.412 e. The van der Waals surface area contributed by atoms with E-state index in [2.05, 4.69) is 208 Å². The molecule has 0 saturated heterocycles. The number of benzene rings is 8. The fraction of sp³-hybridized carbons (Fsp3) is 0.333. The first-order valence-corrected chi connectivity index (χ1v) is 56.1. The maximum absolute atomic E-state index is 14.1. The molecule has 0 aliphatic carbocycles. The van der Waals surface area contributed by atoms with Crippen molar-refractivity contribution in [2.45, 2.75) is 211 Å². The SMILES string of the molecule is CCCS(=O)(=O)c1ccc2c(c1)-c1nc-2nc2[n-]c(nc3nc(nc4[n-]c(n1)c1cc(S(=O)(=O)CCC)ccc41)-c1ccc(C#C/C(CO[Si](C)(C)C(C)(C)C)=C(/C#Cc4ccc5c(c4)-c4nc-5nc5[n-]c(nc6nc(nc7[n-]c(n4)c4cc(C(C)(C)C)ccc74)-c4ccc(C(C)(C)C)cc4-6)c4cc(C(C)(C)C)ccc54)CO[Si](C)(C)C(C)(C)C)cc1-3)c1cc(S(=O)(=O)CCC)ccc21.[Co+2].[Co+2]. The van der Waals surface area contributed by atoms with Gasteiger partial charge >= 0.3 is 33.6 Å². The van der Waals surface area contributed by atoms with Crippen molar-refractivity contribution in [3.63, 3.8) is 0 Å². The van der Waals surface area contributed by atoms with Gasteiger partial charge in [-0.3, -0.25) is 0 Å². The smallest absolute Gasteiger partial charge is 0.412 e. The number of aromatic nitrogens is 16. The van der Waals surface area contributed by atoms with Crippen LogP contribution >= 0.6 is 0 Å². The summed E-state index contributed by atoms with van der Waals surface area (Å²) in [4.78, 5) is 84.1. The van der Waals surface area contributed by atoms with Crippen molar-refractivity contribution in [3.8, 4) is 115 Å². The quantitative estimate of drug-likeness (QED) is 0.0679. The van der Waals surface area contributed by atoms with E-state index in [0.717, 1.165) is 49.4 Å². The minimum atomic E-state index is -3.82. The Morgan fingerprint density at radius 3 is 0.846 bits per heavy atom. The molecule has 24 nitrogen and oxygen atoms in total. The van der Waals surface area contributed by atoms with E-state index in [1.807, 2.05) is 36.4 Å². The normalized spacial score (nSPS) is 13.3. The van der Waals surface area contributed by atoms with Gasteiger partial charge in [-0.15, -0.1) is 0 Å². The average Bonchev–Trinajstić information content (AvgIpc) is 1.59. The summed E-state index contributed by atoms with van der Waals surface area (Å²) < 4.78 is 98.3. The van der Waals surface area contributed by atoms with E-state index in [-0.39, 0.29) is 151 Å². The molecule has 6 aromatic heterocycles. The molecule has 4 aliphatic heterocycles. The molecule has 16 bridgehead atoms. The maximum Gasteiger partial charge on any atom is 2.00 e. The Balaban J connectivity index is 0.00000671. The van der Waals surface area contributed by atoms with Crippen LogP contribution in [0, 0.1) is 23.7 Å². The van der Waals surface area contributed by atoms with Crippen molar-refractivity contribution >= 4 is 134 Å². The molecule has 0 spiro atoms.